The lowest BCUT2D eigenvalue weighted by Crippen LogP contribution is -2.13. The number of alkyl halides is 2. The van der Waals surface area contributed by atoms with Crippen LogP contribution in [-0.4, -0.2) is 8.86 Å². The topological polar surface area (TPSA) is 32.8 Å². The maximum absolute atomic E-state index is 7.16. The van der Waals surface area contributed by atoms with Gasteiger partial charge in [0.2, 0.25) is 0 Å². The van der Waals surface area contributed by atoms with Crippen LogP contribution in [0.15, 0.2) is 179 Å². The third-order valence-corrected chi connectivity index (χ3v) is 17.4. The first-order valence-electron chi connectivity index (χ1n) is 24.7. The molecule has 12 rings (SSSR count). The van der Waals surface area contributed by atoms with Gasteiger partial charge < -0.3 is 18.6 Å². The quantitative estimate of drug-likeness (QED) is 0.0693. The van der Waals surface area contributed by atoms with Gasteiger partial charge in [0.15, 0.2) is 11.2 Å². The smallest absolute Gasteiger partial charge is 0.159 e. The fourth-order valence-electron chi connectivity index (χ4n) is 11.2. The Morgan fingerprint density at radius 1 is 0.343 bits per heavy atom. The van der Waals surface area contributed by atoms with Crippen LogP contribution in [0.2, 0.25) is 0 Å². The highest BCUT2D eigenvalue weighted by Gasteiger charge is 2.29. The average Bonchev–Trinajstić information content (AvgIpc) is 3.98. The normalized spacial score (nSPS) is 13.1. The minimum absolute atomic E-state index is 0.245. The van der Waals surface area contributed by atoms with E-state index in [2.05, 4.69) is 266 Å². The van der Waals surface area contributed by atoms with E-state index in [9.17, 15) is 0 Å². The highest BCUT2D eigenvalue weighted by Crippen LogP contribution is 2.53. The number of nitrogens with zero attached hydrogens (tertiary/aromatic N) is 2. The van der Waals surface area contributed by atoms with Crippen molar-refractivity contribution in [1.82, 2.24) is 0 Å². The molecule has 0 saturated carbocycles. The van der Waals surface area contributed by atoms with Gasteiger partial charge in [-0.25, -0.2) is 0 Å². The molecule has 10 aromatic carbocycles. The van der Waals surface area contributed by atoms with Crippen molar-refractivity contribution >= 4 is 156 Å². The predicted molar refractivity (Wildman–Crippen MR) is 317 cm³/mol. The Labute approximate surface area is 436 Å². The fourth-order valence-corrected chi connectivity index (χ4v) is 12.2. The number of benzene rings is 10. The van der Waals surface area contributed by atoms with Crippen molar-refractivity contribution in [1.29, 1.82) is 0 Å². The van der Waals surface area contributed by atoms with E-state index >= 15 is 0 Å². The van der Waals surface area contributed by atoms with Crippen LogP contribution in [0.25, 0.3) is 76.2 Å². The monoisotopic (exact) mass is 1140 g/mol. The van der Waals surface area contributed by atoms with E-state index in [-0.39, 0.29) is 11.8 Å². The molecule has 4 nitrogen and oxygen atoms in total. The standard InChI is InChI=1S/C64H54I2N2O2/c1-37(2)43-21-13-23-47-49-25-15-27-55(63(49)69-61(43)47)67(41-17-9-7-10-18-41)57-33-53(38(3)4)45-29-31-52-58(34-54(40(6)36-66)46-30-32-51(57)59(45)60(46)52)68(42-19-11-8-12-20-42)56-28-16-26-50-48-24-14-22-44(39(5)35-65)62(48)70-64(50)56/h7-34,37-40H,35-36H2,1-6H3. The molecule has 0 N–H and O–H groups in total. The molecule has 2 aromatic heterocycles. The number of para-hydroxylation sites is 6. The first-order chi connectivity index (χ1) is 34.2. The van der Waals surface area contributed by atoms with Gasteiger partial charge in [-0.05, 0) is 116 Å². The number of rotatable bonds is 12. The van der Waals surface area contributed by atoms with E-state index in [1.807, 2.05) is 0 Å². The van der Waals surface area contributed by atoms with Crippen molar-refractivity contribution in [3.8, 4) is 0 Å². The molecule has 12 aromatic rings. The Kier molecular flexibility index (Phi) is 11.6. The van der Waals surface area contributed by atoms with E-state index in [1.54, 1.807) is 0 Å². The molecule has 0 fully saturated rings. The molecule has 0 bridgehead atoms. The molecule has 6 heteroatoms. The van der Waals surface area contributed by atoms with Crippen molar-refractivity contribution in [2.75, 3.05) is 18.7 Å². The zero-order valence-corrected chi connectivity index (χ0v) is 44.7. The highest BCUT2D eigenvalue weighted by molar-refractivity contribution is 14.1. The molecule has 0 amide bonds. The number of fused-ring (bicyclic) bond motifs is 6. The van der Waals surface area contributed by atoms with E-state index in [1.165, 1.54) is 54.6 Å². The third-order valence-electron chi connectivity index (χ3n) is 14.7. The lowest BCUT2D eigenvalue weighted by Gasteiger charge is -2.31. The van der Waals surface area contributed by atoms with Crippen LogP contribution in [0.4, 0.5) is 34.1 Å². The maximum Gasteiger partial charge on any atom is 0.159 e. The molecule has 346 valence electrons. The summed E-state index contributed by atoms with van der Waals surface area (Å²) in [5.74, 6) is 1.21. The van der Waals surface area contributed by atoms with E-state index in [0.717, 1.165) is 86.9 Å². The largest absolute Gasteiger partial charge is 0.454 e. The summed E-state index contributed by atoms with van der Waals surface area (Å²) < 4.78 is 16.3. The molecule has 2 unspecified atom stereocenters. The van der Waals surface area contributed by atoms with Crippen molar-refractivity contribution in [2.45, 2.75) is 65.2 Å². The van der Waals surface area contributed by atoms with Crippen molar-refractivity contribution in [3.63, 3.8) is 0 Å². The first kappa shape index (κ1) is 45.1. The van der Waals surface area contributed by atoms with Crippen molar-refractivity contribution < 1.29 is 8.83 Å². The first-order valence-corrected chi connectivity index (χ1v) is 27.7. The summed E-state index contributed by atoms with van der Waals surface area (Å²) in [6.45, 7) is 13.8. The molecule has 2 heterocycles. The molecule has 0 aliphatic rings. The zero-order chi connectivity index (χ0) is 47.9. The minimum Gasteiger partial charge on any atom is -0.454 e. The van der Waals surface area contributed by atoms with E-state index in [0.29, 0.717) is 11.8 Å². The highest BCUT2D eigenvalue weighted by atomic mass is 127. The lowest BCUT2D eigenvalue weighted by atomic mass is 9.84. The van der Waals surface area contributed by atoms with Gasteiger partial charge in [-0.1, -0.05) is 208 Å². The Balaban J connectivity index is 1.19. The number of halogens is 2. The second kappa shape index (κ2) is 17.9. The number of hydrogen-bond donors (Lipinski definition) is 0. The Hall–Kier alpha value is -6.10. The van der Waals surface area contributed by atoms with Gasteiger partial charge in [-0.15, -0.1) is 0 Å². The number of furan rings is 2. The van der Waals surface area contributed by atoms with Crippen LogP contribution in [0.1, 0.15) is 87.5 Å². The molecular weight excluding hydrogens is 1080 g/mol. The summed E-state index contributed by atoms with van der Waals surface area (Å²) in [6.07, 6.45) is 0. The Morgan fingerprint density at radius 2 is 0.729 bits per heavy atom. The molecule has 70 heavy (non-hydrogen) atoms. The molecule has 0 saturated heterocycles. The van der Waals surface area contributed by atoms with E-state index in [4.69, 9.17) is 8.83 Å². The fraction of sp³-hybridized carbons (Fsp3) is 0.188. The SMILES string of the molecule is CC(C)c1cc(N(c2ccccc2)c2cccc3c2oc2c(C(C)C)cccc23)c2ccc3c(C(C)CI)cc(N(c4ccccc4)c4cccc5c4oc4c(C(C)CI)cccc45)c4ccc1c2c34. The van der Waals surface area contributed by atoms with Crippen LogP contribution in [0.5, 0.6) is 0 Å². The van der Waals surface area contributed by atoms with Gasteiger partial charge in [0.25, 0.3) is 0 Å². The average molecular weight is 1140 g/mol. The Morgan fingerprint density at radius 3 is 1.20 bits per heavy atom. The molecule has 0 aliphatic heterocycles. The van der Waals surface area contributed by atoms with Crippen LogP contribution in [0, 0.1) is 0 Å². The summed E-state index contributed by atoms with van der Waals surface area (Å²) in [7, 11) is 0. The molecule has 0 spiro atoms. The van der Waals surface area contributed by atoms with E-state index < -0.39 is 0 Å². The van der Waals surface area contributed by atoms with Crippen molar-refractivity contribution in [2.24, 2.45) is 0 Å². The minimum atomic E-state index is 0.245. The van der Waals surface area contributed by atoms with Gasteiger partial charge in [-0.2, -0.15) is 0 Å². The van der Waals surface area contributed by atoms with Gasteiger partial charge in [0.1, 0.15) is 11.2 Å². The van der Waals surface area contributed by atoms with Gasteiger partial charge in [0, 0.05) is 52.5 Å². The zero-order valence-electron chi connectivity index (χ0n) is 40.4. The third kappa shape index (κ3) is 7.09. The Bertz CT molecular complexity index is 3930. The summed E-state index contributed by atoms with van der Waals surface area (Å²) >= 11 is 5.08. The second-order valence-electron chi connectivity index (χ2n) is 19.8. The molecule has 2 atom stereocenters. The summed E-state index contributed by atoms with van der Waals surface area (Å²) in [4.78, 5) is 4.92. The molecular formula is C64H54I2N2O2. The predicted octanol–water partition coefficient (Wildman–Crippen LogP) is 20.6. The summed E-state index contributed by atoms with van der Waals surface area (Å²) in [5.41, 5.74) is 15.3. The number of hydrogen-bond acceptors (Lipinski definition) is 4. The maximum atomic E-state index is 7.16. The molecule has 0 radical (unpaired) electrons. The summed E-state index contributed by atoms with van der Waals surface area (Å²) in [6, 6.07) is 62.8. The van der Waals surface area contributed by atoms with Crippen molar-refractivity contribution in [3.05, 3.63) is 192 Å². The molecule has 0 aliphatic carbocycles. The van der Waals surface area contributed by atoms with Crippen LogP contribution < -0.4 is 9.80 Å². The van der Waals surface area contributed by atoms with Gasteiger partial charge >= 0.3 is 0 Å². The van der Waals surface area contributed by atoms with Gasteiger partial charge in [0.05, 0.1) is 22.7 Å². The second-order valence-corrected chi connectivity index (χ2v) is 21.5. The summed E-state index contributed by atoms with van der Waals surface area (Å²) in [5, 5.41) is 12.1. The van der Waals surface area contributed by atoms with Crippen LogP contribution in [0.3, 0.4) is 0 Å². The van der Waals surface area contributed by atoms with Crippen LogP contribution >= 0.6 is 45.2 Å². The number of anilines is 6. The van der Waals surface area contributed by atoms with Crippen LogP contribution in [-0.2, 0) is 0 Å². The van der Waals surface area contributed by atoms with Gasteiger partial charge in [-0.3, -0.25) is 0 Å². The lowest BCUT2D eigenvalue weighted by molar-refractivity contribution is 0.657.